The SMILES string of the molecule is COC(=O)[C@H](CCSC)NC(=O)CSc1ccccc1O. The quantitative estimate of drug-likeness (QED) is 0.560. The van der Waals surface area contributed by atoms with Gasteiger partial charge in [-0.05, 0) is 30.6 Å². The molecule has 0 aliphatic rings. The first-order valence-corrected chi connectivity index (χ1v) is 8.73. The van der Waals surface area contributed by atoms with Crippen LogP contribution in [0.3, 0.4) is 0 Å². The summed E-state index contributed by atoms with van der Waals surface area (Å²) >= 11 is 2.82. The average molecular weight is 329 g/mol. The smallest absolute Gasteiger partial charge is 0.328 e. The Morgan fingerprint density at radius 3 is 2.71 bits per heavy atom. The van der Waals surface area contributed by atoms with Gasteiger partial charge in [0.2, 0.25) is 5.91 Å². The van der Waals surface area contributed by atoms with Gasteiger partial charge in [-0.1, -0.05) is 12.1 Å². The van der Waals surface area contributed by atoms with Crippen LogP contribution in [0.5, 0.6) is 5.75 Å². The van der Waals surface area contributed by atoms with Crippen molar-refractivity contribution < 1.29 is 19.4 Å². The molecule has 0 fully saturated rings. The molecule has 1 rings (SSSR count). The number of hydrogen-bond acceptors (Lipinski definition) is 6. The number of phenolic OH excluding ortho intramolecular Hbond substituents is 1. The maximum Gasteiger partial charge on any atom is 0.328 e. The van der Waals surface area contributed by atoms with Gasteiger partial charge in [0, 0.05) is 4.90 Å². The molecule has 0 saturated heterocycles. The summed E-state index contributed by atoms with van der Waals surface area (Å²) < 4.78 is 4.68. The van der Waals surface area contributed by atoms with E-state index in [-0.39, 0.29) is 17.4 Å². The first kappa shape index (κ1) is 17.7. The van der Waals surface area contributed by atoms with Crippen molar-refractivity contribution in [3.8, 4) is 5.75 Å². The number of esters is 1. The van der Waals surface area contributed by atoms with Crippen LogP contribution in [0.25, 0.3) is 0 Å². The lowest BCUT2D eigenvalue weighted by Crippen LogP contribution is -2.42. The Hall–Kier alpha value is -1.34. The Balaban J connectivity index is 2.50. The van der Waals surface area contributed by atoms with Gasteiger partial charge in [0.15, 0.2) is 0 Å². The first-order valence-electron chi connectivity index (χ1n) is 6.35. The van der Waals surface area contributed by atoms with Gasteiger partial charge in [0.25, 0.3) is 0 Å². The third kappa shape index (κ3) is 6.31. The minimum absolute atomic E-state index is 0.129. The predicted molar refractivity (Wildman–Crippen MR) is 85.8 cm³/mol. The number of ether oxygens (including phenoxy) is 1. The van der Waals surface area contributed by atoms with Crippen LogP contribution in [0.4, 0.5) is 0 Å². The topological polar surface area (TPSA) is 75.6 Å². The first-order chi connectivity index (χ1) is 10.1. The fraction of sp³-hybridized carbons (Fsp3) is 0.429. The molecule has 1 atom stereocenters. The molecule has 0 bridgehead atoms. The maximum absolute atomic E-state index is 11.9. The summed E-state index contributed by atoms with van der Waals surface area (Å²) in [5, 5.41) is 12.3. The van der Waals surface area contributed by atoms with E-state index >= 15 is 0 Å². The lowest BCUT2D eigenvalue weighted by atomic mass is 10.2. The molecule has 0 aromatic heterocycles. The Morgan fingerprint density at radius 2 is 2.10 bits per heavy atom. The summed E-state index contributed by atoms with van der Waals surface area (Å²) in [4.78, 5) is 24.1. The number of para-hydroxylation sites is 1. The molecule has 1 aromatic rings. The molecule has 0 saturated carbocycles. The molecule has 21 heavy (non-hydrogen) atoms. The third-order valence-electron chi connectivity index (χ3n) is 2.66. The Bertz CT molecular complexity index is 482. The van der Waals surface area contributed by atoms with Gasteiger partial charge >= 0.3 is 5.97 Å². The van der Waals surface area contributed by atoms with Crippen molar-refractivity contribution in [1.29, 1.82) is 0 Å². The molecule has 0 aliphatic carbocycles. The zero-order chi connectivity index (χ0) is 15.7. The molecular weight excluding hydrogens is 310 g/mol. The number of benzene rings is 1. The lowest BCUT2D eigenvalue weighted by Gasteiger charge is -2.15. The molecule has 5 nitrogen and oxygen atoms in total. The lowest BCUT2D eigenvalue weighted by molar-refractivity contribution is -0.144. The monoisotopic (exact) mass is 329 g/mol. The van der Waals surface area contributed by atoms with E-state index in [1.54, 1.807) is 36.0 Å². The van der Waals surface area contributed by atoms with Gasteiger partial charge in [0.05, 0.1) is 12.9 Å². The van der Waals surface area contributed by atoms with Crippen LogP contribution in [0, 0.1) is 0 Å². The molecule has 1 amide bonds. The van der Waals surface area contributed by atoms with E-state index < -0.39 is 12.0 Å². The summed E-state index contributed by atoms with van der Waals surface area (Å²) in [7, 11) is 1.30. The molecule has 7 heteroatoms. The Morgan fingerprint density at radius 1 is 1.38 bits per heavy atom. The van der Waals surface area contributed by atoms with Crippen molar-refractivity contribution in [3.63, 3.8) is 0 Å². The van der Waals surface area contributed by atoms with Gasteiger partial charge in [0.1, 0.15) is 11.8 Å². The minimum atomic E-state index is -0.625. The maximum atomic E-state index is 11.9. The summed E-state index contributed by atoms with van der Waals surface area (Å²) in [6, 6.07) is 6.18. The van der Waals surface area contributed by atoms with E-state index in [0.717, 1.165) is 5.75 Å². The fourth-order valence-electron chi connectivity index (χ4n) is 1.59. The number of thioether (sulfide) groups is 2. The van der Waals surface area contributed by atoms with Crippen LogP contribution in [-0.4, -0.2) is 47.9 Å². The largest absolute Gasteiger partial charge is 0.507 e. The van der Waals surface area contributed by atoms with Gasteiger partial charge in [-0.2, -0.15) is 11.8 Å². The van der Waals surface area contributed by atoms with Crippen molar-refractivity contribution in [3.05, 3.63) is 24.3 Å². The molecule has 0 radical (unpaired) electrons. The van der Waals surface area contributed by atoms with E-state index in [4.69, 9.17) is 0 Å². The fourth-order valence-corrected chi connectivity index (χ4v) is 2.82. The average Bonchev–Trinajstić information content (AvgIpc) is 2.49. The molecule has 2 N–H and O–H groups in total. The van der Waals surface area contributed by atoms with Crippen LogP contribution in [0.1, 0.15) is 6.42 Å². The second-order valence-corrected chi connectivity index (χ2v) is 6.18. The highest BCUT2D eigenvalue weighted by Gasteiger charge is 2.21. The number of nitrogens with one attached hydrogen (secondary N) is 1. The van der Waals surface area contributed by atoms with Crippen molar-refractivity contribution in [2.24, 2.45) is 0 Å². The van der Waals surface area contributed by atoms with E-state index in [1.807, 2.05) is 6.26 Å². The second-order valence-electron chi connectivity index (χ2n) is 4.18. The summed E-state index contributed by atoms with van der Waals surface area (Å²) in [5.41, 5.74) is 0. The van der Waals surface area contributed by atoms with Crippen LogP contribution < -0.4 is 5.32 Å². The molecule has 1 aromatic carbocycles. The second kappa shape index (κ2) is 9.57. The molecule has 0 unspecified atom stereocenters. The predicted octanol–water partition coefficient (Wildman–Crippen LogP) is 1.90. The third-order valence-corrected chi connectivity index (χ3v) is 4.36. The van der Waals surface area contributed by atoms with Gasteiger partial charge < -0.3 is 15.2 Å². The van der Waals surface area contributed by atoms with E-state index in [0.29, 0.717) is 11.3 Å². The van der Waals surface area contributed by atoms with E-state index in [9.17, 15) is 14.7 Å². The van der Waals surface area contributed by atoms with Crippen molar-refractivity contribution in [1.82, 2.24) is 5.32 Å². The zero-order valence-electron chi connectivity index (χ0n) is 12.0. The molecule has 0 heterocycles. The van der Waals surface area contributed by atoms with E-state index in [2.05, 4.69) is 10.1 Å². The standard InChI is InChI=1S/C14H19NO4S2/c1-19-14(18)10(7-8-20-2)15-13(17)9-21-12-6-4-3-5-11(12)16/h3-6,10,16H,7-9H2,1-2H3,(H,15,17)/t10-/m0/s1. The summed E-state index contributed by atoms with van der Waals surface area (Å²) in [5.74, 6) is 0.323. The van der Waals surface area contributed by atoms with Gasteiger partial charge in [-0.3, -0.25) is 4.79 Å². The van der Waals surface area contributed by atoms with Crippen LogP contribution >= 0.6 is 23.5 Å². The van der Waals surface area contributed by atoms with Crippen molar-refractivity contribution >= 4 is 35.4 Å². The van der Waals surface area contributed by atoms with Crippen molar-refractivity contribution in [2.75, 3.05) is 24.9 Å². The Kier molecular flexibility index (Phi) is 8.07. The van der Waals surface area contributed by atoms with Crippen molar-refractivity contribution in [2.45, 2.75) is 17.4 Å². The number of methoxy groups -OCH3 is 1. The molecular formula is C14H19NO4S2. The summed E-state index contributed by atoms with van der Waals surface area (Å²) in [6.07, 6.45) is 2.46. The van der Waals surface area contributed by atoms with E-state index in [1.165, 1.54) is 18.9 Å². The molecule has 116 valence electrons. The zero-order valence-corrected chi connectivity index (χ0v) is 13.6. The highest BCUT2D eigenvalue weighted by Crippen LogP contribution is 2.27. The number of phenols is 1. The molecule has 0 spiro atoms. The highest BCUT2D eigenvalue weighted by molar-refractivity contribution is 8.00. The van der Waals surface area contributed by atoms with Crippen LogP contribution in [0.15, 0.2) is 29.2 Å². The number of carbonyl (C=O) groups is 2. The number of amides is 1. The van der Waals surface area contributed by atoms with Gasteiger partial charge in [-0.15, -0.1) is 11.8 Å². The van der Waals surface area contributed by atoms with Crippen LogP contribution in [0.2, 0.25) is 0 Å². The minimum Gasteiger partial charge on any atom is -0.507 e. The number of carbonyl (C=O) groups excluding carboxylic acids is 2. The molecule has 0 aliphatic heterocycles. The Labute approximate surface area is 132 Å². The normalized spacial score (nSPS) is 11.7. The number of hydrogen-bond donors (Lipinski definition) is 2. The number of aromatic hydroxyl groups is 1. The summed E-state index contributed by atoms with van der Waals surface area (Å²) in [6.45, 7) is 0. The number of rotatable bonds is 8. The van der Waals surface area contributed by atoms with Gasteiger partial charge in [-0.25, -0.2) is 4.79 Å². The van der Waals surface area contributed by atoms with Crippen LogP contribution in [-0.2, 0) is 14.3 Å². The highest BCUT2D eigenvalue weighted by atomic mass is 32.2.